The van der Waals surface area contributed by atoms with Crippen molar-refractivity contribution in [2.45, 2.75) is 9.79 Å². The van der Waals surface area contributed by atoms with E-state index in [1.165, 1.54) is 12.1 Å². The molecule has 0 heterocycles. The van der Waals surface area contributed by atoms with E-state index in [1.54, 1.807) is 30.3 Å². The molecule has 2 N–H and O–H groups in total. The molecule has 0 amide bonds. The number of rotatable bonds is 4. The largest absolute Gasteiger partial charge is 0.296 e. The lowest BCUT2D eigenvalue weighted by molar-refractivity contribution is 0.467. The SMILES string of the molecule is C=Cc1c(S(=O)(=O)O)c(S(=O)(=O)O)c2cc3ccccc3cc2c1C=C. The van der Waals surface area contributed by atoms with Gasteiger partial charge in [0, 0.05) is 10.9 Å². The van der Waals surface area contributed by atoms with Crippen LogP contribution in [0.15, 0.2) is 59.3 Å². The van der Waals surface area contributed by atoms with Crippen LogP contribution in [0.4, 0.5) is 0 Å². The van der Waals surface area contributed by atoms with Crippen molar-refractivity contribution in [3.05, 3.63) is 60.7 Å². The smallest absolute Gasteiger partial charge is 0.282 e. The first kappa shape index (κ1) is 18.3. The molecule has 0 radical (unpaired) electrons. The number of benzene rings is 3. The Morgan fingerprint density at radius 2 is 1.19 bits per heavy atom. The fraction of sp³-hybridized carbons (Fsp3) is 0. The second kappa shape index (κ2) is 6.03. The summed E-state index contributed by atoms with van der Waals surface area (Å²) in [6, 6.07) is 10.2. The predicted molar refractivity (Wildman–Crippen MR) is 101 cm³/mol. The maximum absolute atomic E-state index is 12.0. The number of hydrogen-bond donors (Lipinski definition) is 2. The highest BCUT2D eigenvalue weighted by Gasteiger charge is 2.31. The molecule has 0 saturated heterocycles. The second-order valence-corrected chi connectivity index (χ2v) is 8.31. The van der Waals surface area contributed by atoms with Gasteiger partial charge in [0.05, 0.1) is 0 Å². The van der Waals surface area contributed by atoms with Crippen molar-refractivity contribution in [2.24, 2.45) is 0 Å². The quantitative estimate of drug-likeness (QED) is 0.518. The maximum atomic E-state index is 12.0. The fourth-order valence-electron chi connectivity index (χ4n) is 3.10. The minimum absolute atomic E-state index is 0.0423. The van der Waals surface area contributed by atoms with Crippen LogP contribution in [0.5, 0.6) is 0 Å². The summed E-state index contributed by atoms with van der Waals surface area (Å²) in [7, 11) is -9.99. The summed E-state index contributed by atoms with van der Waals surface area (Å²) < 4.78 is 67.4. The molecule has 3 aromatic carbocycles. The lowest BCUT2D eigenvalue weighted by Gasteiger charge is -2.17. The van der Waals surface area contributed by atoms with Gasteiger partial charge in [-0.2, -0.15) is 16.8 Å². The van der Waals surface area contributed by atoms with Gasteiger partial charge in [-0.15, -0.1) is 0 Å². The zero-order chi connectivity index (χ0) is 19.3. The van der Waals surface area contributed by atoms with Crippen molar-refractivity contribution in [2.75, 3.05) is 0 Å². The highest BCUT2D eigenvalue weighted by molar-refractivity contribution is 7.89. The van der Waals surface area contributed by atoms with Crippen molar-refractivity contribution < 1.29 is 25.9 Å². The molecule has 0 saturated carbocycles. The third-order valence-corrected chi connectivity index (χ3v) is 6.09. The highest BCUT2D eigenvalue weighted by Crippen LogP contribution is 2.39. The minimum Gasteiger partial charge on any atom is -0.282 e. The predicted octanol–water partition coefficient (Wildman–Crippen LogP) is 3.77. The van der Waals surface area contributed by atoms with E-state index in [9.17, 15) is 25.9 Å². The van der Waals surface area contributed by atoms with E-state index in [4.69, 9.17) is 0 Å². The lowest BCUT2D eigenvalue weighted by Crippen LogP contribution is -2.12. The molecule has 0 aromatic heterocycles. The van der Waals surface area contributed by atoms with E-state index >= 15 is 0 Å². The molecule has 0 atom stereocenters. The number of fused-ring (bicyclic) bond motifs is 2. The van der Waals surface area contributed by atoms with Gasteiger partial charge in [0.15, 0.2) is 0 Å². The van der Waals surface area contributed by atoms with Gasteiger partial charge in [-0.25, -0.2) is 0 Å². The average molecular weight is 390 g/mol. The van der Waals surface area contributed by atoms with Crippen molar-refractivity contribution in [1.29, 1.82) is 0 Å². The van der Waals surface area contributed by atoms with Gasteiger partial charge in [0.25, 0.3) is 20.2 Å². The van der Waals surface area contributed by atoms with Crippen molar-refractivity contribution in [3.8, 4) is 0 Å². The maximum Gasteiger partial charge on any atom is 0.296 e. The second-order valence-electron chi connectivity index (χ2n) is 5.59. The Kier molecular flexibility index (Phi) is 4.24. The molecule has 6 nitrogen and oxygen atoms in total. The third kappa shape index (κ3) is 2.82. The Morgan fingerprint density at radius 1 is 0.731 bits per heavy atom. The molecule has 0 aliphatic rings. The molecule has 0 aliphatic heterocycles. The summed E-state index contributed by atoms with van der Waals surface area (Å²) in [5, 5.41) is 1.72. The molecule has 26 heavy (non-hydrogen) atoms. The molecule has 3 aromatic rings. The van der Waals surface area contributed by atoms with Crippen molar-refractivity contribution >= 4 is 53.9 Å². The molecule has 0 fully saturated rings. The molecular formula is C18H14O6S2. The van der Waals surface area contributed by atoms with Crippen LogP contribution in [0, 0.1) is 0 Å². The van der Waals surface area contributed by atoms with Crippen LogP contribution in [-0.2, 0) is 20.2 Å². The van der Waals surface area contributed by atoms with Gasteiger partial charge in [0.2, 0.25) is 0 Å². The van der Waals surface area contributed by atoms with Gasteiger partial charge >= 0.3 is 0 Å². The van der Waals surface area contributed by atoms with E-state index in [0.717, 1.165) is 11.5 Å². The fourth-order valence-corrected chi connectivity index (χ4v) is 5.34. The summed E-state index contributed by atoms with van der Waals surface area (Å²) in [6.07, 6.45) is 2.44. The van der Waals surface area contributed by atoms with Crippen LogP contribution < -0.4 is 0 Å². The first-order valence-electron chi connectivity index (χ1n) is 7.32. The minimum atomic E-state index is -4.99. The Labute approximate surface area is 150 Å². The Balaban J connectivity index is 2.81. The van der Waals surface area contributed by atoms with Gasteiger partial charge < -0.3 is 0 Å². The molecule has 0 bridgehead atoms. The van der Waals surface area contributed by atoms with E-state index < -0.39 is 30.0 Å². The summed E-state index contributed by atoms with van der Waals surface area (Å²) >= 11 is 0. The molecule has 134 valence electrons. The average Bonchev–Trinajstić information content (AvgIpc) is 2.55. The Morgan fingerprint density at radius 3 is 1.62 bits per heavy atom. The Hall–Kier alpha value is -2.52. The lowest BCUT2D eigenvalue weighted by atomic mass is 9.95. The standard InChI is InChI=1S/C18H14O6S2/c1-3-13-14(4-2)17(25(19,20)21)18(26(22,23)24)16-10-12-8-6-5-7-11(12)9-15(13)16/h3-10H,1-2H2,(H,19,20,21)(H,22,23,24). The summed E-state index contributed by atoms with van der Waals surface area (Å²) in [5.41, 5.74) is 0.124. The zero-order valence-electron chi connectivity index (χ0n) is 13.4. The summed E-state index contributed by atoms with van der Waals surface area (Å²) in [4.78, 5) is -1.81. The van der Waals surface area contributed by atoms with Crippen LogP contribution in [0.25, 0.3) is 33.7 Å². The topological polar surface area (TPSA) is 109 Å². The molecular weight excluding hydrogens is 376 g/mol. The van der Waals surface area contributed by atoms with Gasteiger partial charge in [-0.1, -0.05) is 49.6 Å². The normalized spacial score (nSPS) is 12.4. The molecule has 0 unspecified atom stereocenters. The van der Waals surface area contributed by atoms with Gasteiger partial charge in [0.1, 0.15) is 9.79 Å². The van der Waals surface area contributed by atoms with Crippen LogP contribution >= 0.6 is 0 Å². The van der Waals surface area contributed by atoms with Crippen LogP contribution in [0.2, 0.25) is 0 Å². The first-order chi connectivity index (χ1) is 12.1. The summed E-state index contributed by atoms with van der Waals surface area (Å²) in [6.45, 7) is 7.15. The van der Waals surface area contributed by atoms with Crippen molar-refractivity contribution in [3.63, 3.8) is 0 Å². The number of hydrogen-bond acceptors (Lipinski definition) is 4. The van der Waals surface area contributed by atoms with E-state index in [1.807, 2.05) is 0 Å². The zero-order valence-corrected chi connectivity index (χ0v) is 15.0. The molecule has 0 spiro atoms. The monoisotopic (exact) mass is 390 g/mol. The molecule has 0 aliphatic carbocycles. The highest BCUT2D eigenvalue weighted by atomic mass is 32.2. The van der Waals surface area contributed by atoms with Gasteiger partial charge in [-0.3, -0.25) is 9.11 Å². The molecule has 8 heteroatoms. The Bertz CT molecular complexity index is 1300. The van der Waals surface area contributed by atoms with Crippen LogP contribution in [-0.4, -0.2) is 25.9 Å². The van der Waals surface area contributed by atoms with Crippen LogP contribution in [0.1, 0.15) is 11.1 Å². The molecule has 3 rings (SSSR count). The third-order valence-electron chi connectivity index (χ3n) is 4.09. The van der Waals surface area contributed by atoms with E-state index in [-0.39, 0.29) is 16.5 Å². The van der Waals surface area contributed by atoms with E-state index in [0.29, 0.717) is 10.8 Å². The van der Waals surface area contributed by atoms with Crippen LogP contribution in [0.3, 0.4) is 0 Å². The van der Waals surface area contributed by atoms with Crippen molar-refractivity contribution in [1.82, 2.24) is 0 Å². The summed E-state index contributed by atoms with van der Waals surface area (Å²) in [5.74, 6) is 0. The van der Waals surface area contributed by atoms with E-state index in [2.05, 4.69) is 13.2 Å². The first-order valence-corrected chi connectivity index (χ1v) is 10.2. The van der Waals surface area contributed by atoms with Gasteiger partial charge in [-0.05, 0) is 33.9 Å².